The van der Waals surface area contributed by atoms with Gasteiger partial charge >= 0.3 is 6.03 Å². The molecular formula is C15H23N3O4S. The topological polar surface area (TPSA) is 87.7 Å². The lowest BCUT2D eigenvalue weighted by molar-refractivity contribution is 0.236. The fourth-order valence-corrected chi connectivity index (χ4v) is 3.46. The van der Waals surface area contributed by atoms with Crippen LogP contribution in [-0.4, -0.2) is 50.7 Å². The first-order chi connectivity index (χ1) is 10.9. The number of urea groups is 1. The summed E-state index contributed by atoms with van der Waals surface area (Å²) in [6.07, 6.45) is 2.69. The van der Waals surface area contributed by atoms with E-state index in [4.69, 9.17) is 4.74 Å². The summed E-state index contributed by atoms with van der Waals surface area (Å²) >= 11 is 0. The molecule has 7 nitrogen and oxygen atoms in total. The van der Waals surface area contributed by atoms with Crippen molar-refractivity contribution < 1.29 is 17.9 Å². The van der Waals surface area contributed by atoms with E-state index in [1.165, 1.54) is 10.6 Å². The van der Waals surface area contributed by atoms with E-state index in [-0.39, 0.29) is 12.1 Å². The van der Waals surface area contributed by atoms with E-state index in [2.05, 4.69) is 10.6 Å². The molecule has 0 unspecified atom stereocenters. The highest BCUT2D eigenvalue weighted by Crippen LogP contribution is 2.18. The van der Waals surface area contributed by atoms with Gasteiger partial charge in [-0.3, -0.25) is 0 Å². The fraction of sp³-hybridized carbons (Fsp3) is 0.533. The molecule has 1 aromatic rings. The predicted molar refractivity (Wildman–Crippen MR) is 89.2 cm³/mol. The second-order valence-electron chi connectivity index (χ2n) is 5.52. The smallest absolute Gasteiger partial charge is 0.319 e. The van der Waals surface area contributed by atoms with Crippen molar-refractivity contribution in [1.29, 1.82) is 0 Å². The van der Waals surface area contributed by atoms with Crippen LogP contribution in [0, 0.1) is 0 Å². The monoisotopic (exact) mass is 341 g/mol. The Labute approximate surface area is 137 Å². The Bertz CT molecular complexity index is 648. The van der Waals surface area contributed by atoms with Crippen LogP contribution in [0.15, 0.2) is 24.3 Å². The lowest BCUT2D eigenvalue weighted by Crippen LogP contribution is -2.50. The molecule has 0 bridgehead atoms. The molecule has 1 saturated heterocycles. The number of sulfonamides is 1. The zero-order chi connectivity index (χ0) is 16.9. The number of amides is 2. The van der Waals surface area contributed by atoms with E-state index in [9.17, 15) is 13.2 Å². The van der Waals surface area contributed by atoms with Gasteiger partial charge in [-0.1, -0.05) is 6.07 Å². The van der Waals surface area contributed by atoms with Crippen molar-refractivity contribution in [2.75, 3.05) is 31.3 Å². The summed E-state index contributed by atoms with van der Waals surface area (Å²) in [5.41, 5.74) is 0.629. The number of ether oxygens (including phenoxy) is 1. The van der Waals surface area contributed by atoms with Gasteiger partial charge in [0.1, 0.15) is 5.75 Å². The van der Waals surface area contributed by atoms with Gasteiger partial charge < -0.3 is 15.4 Å². The third kappa shape index (κ3) is 5.40. The highest BCUT2D eigenvalue weighted by molar-refractivity contribution is 7.88. The molecule has 0 aliphatic carbocycles. The molecule has 1 fully saturated rings. The number of carbonyl (C=O) groups is 1. The first-order valence-corrected chi connectivity index (χ1v) is 9.49. The maximum atomic E-state index is 12.1. The molecule has 0 saturated carbocycles. The molecule has 1 aliphatic heterocycles. The first kappa shape index (κ1) is 17.6. The minimum absolute atomic E-state index is 0.187. The largest absolute Gasteiger partial charge is 0.494 e. The standard InChI is InChI=1S/C15H23N3O4S/c1-3-22-14-8-4-6-12(10-14)16-15(19)17-13-7-5-9-18(11-13)23(2,20)21/h4,6,8,10,13H,3,5,7,9,11H2,1-2H3,(H2,16,17,19)/t13-/m1/s1. The maximum absolute atomic E-state index is 12.1. The van der Waals surface area contributed by atoms with Crippen LogP contribution in [0.25, 0.3) is 0 Å². The van der Waals surface area contributed by atoms with Gasteiger partial charge in [-0.05, 0) is 31.9 Å². The van der Waals surface area contributed by atoms with Crippen molar-refractivity contribution in [2.45, 2.75) is 25.8 Å². The van der Waals surface area contributed by atoms with Crippen LogP contribution in [0.1, 0.15) is 19.8 Å². The summed E-state index contributed by atoms with van der Waals surface area (Å²) in [7, 11) is -3.22. The molecule has 0 radical (unpaired) electrons. The molecule has 2 N–H and O–H groups in total. The second-order valence-corrected chi connectivity index (χ2v) is 7.50. The molecule has 0 aromatic heterocycles. The number of anilines is 1. The zero-order valence-corrected chi connectivity index (χ0v) is 14.2. The maximum Gasteiger partial charge on any atom is 0.319 e. The molecule has 0 spiro atoms. The third-order valence-electron chi connectivity index (χ3n) is 3.59. The van der Waals surface area contributed by atoms with Crippen molar-refractivity contribution in [3.8, 4) is 5.75 Å². The summed E-state index contributed by atoms with van der Waals surface area (Å²) in [5.74, 6) is 0.686. The molecule has 1 heterocycles. The Kier molecular flexibility index (Phi) is 5.84. The van der Waals surface area contributed by atoms with E-state index in [0.717, 1.165) is 12.8 Å². The number of nitrogens with zero attached hydrogens (tertiary/aromatic N) is 1. The van der Waals surface area contributed by atoms with Crippen molar-refractivity contribution in [1.82, 2.24) is 9.62 Å². The molecule has 1 aliphatic rings. The molecule has 1 atom stereocenters. The van der Waals surface area contributed by atoms with Crippen LogP contribution in [0.4, 0.5) is 10.5 Å². The van der Waals surface area contributed by atoms with Crippen molar-refractivity contribution in [2.24, 2.45) is 0 Å². The highest BCUT2D eigenvalue weighted by atomic mass is 32.2. The number of rotatable bonds is 5. The Hall–Kier alpha value is -1.80. The normalized spacial score (nSPS) is 19.1. The summed E-state index contributed by atoms with van der Waals surface area (Å²) in [5, 5.41) is 5.57. The van der Waals surface area contributed by atoms with Crippen LogP contribution in [0.3, 0.4) is 0 Å². The van der Waals surface area contributed by atoms with Crippen LogP contribution in [-0.2, 0) is 10.0 Å². The van der Waals surface area contributed by atoms with Crippen LogP contribution in [0.5, 0.6) is 5.75 Å². The minimum atomic E-state index is -3.22. The highest BCUT2D eigenvalue weighted by Gasteiger charge is 2.26. The Morgan fingerprint density at radius 3 is 2.91 bits per heavy atom. The van der Waals surface area contributed by atoms with Gasteiger partial charge in [0.05, 0.1) is 12.9 Å². The van der Waals surface area contributed by atoms with Crippen molar-refractivity contribution in [3.05, 3.63) is 24.3 Å². The molecule has 1 aromatic carbocycles. The number of benzene rings is 1. The number of hydrogen-bond donors (Lipinski definition) is 2. The summed E-state index contributed by atoms with van der Waals surface area (Å²) in [6.45, 7) is 3.27. The van der Waals surface area contributed by atoms with Gasteiger partial charge in [0, 0.05) is 30.9 Å². The molecule has 8 heteroatoms. The first-order valence-electron chi connectivity index (χ1n) is 7.64. The van der Waals surface area contributed by atoms with Gasteiger partial charge in [-0.25, -0.2) is 17.5 Å². The minimum Gasteiger partial charge on any atom is -0.494 e. The lowest BCUT2D eigenvalue weighted by Gasteiger charge is -2.31. The van der Waals surface area contributed by atoms with Crippen molar-refractivity contribution >= 4 is 21.7 Å². The molecular weight excluding hydrogens is 318 g/mol. The molecule has 23 heavy (non-hydrogen) atoms. The summed E-state index contributed by atoms with van der Waals surface area (Å²) < 4.78 is 30.0. The fourth-order valence-electron chi connectivity index (χ4n) is 2.54. The van der Waals surface area contributed by atoms with Gasteiger partial charge in [-0.2, -0.15) is 0 Å². The average Bonchev–Trinajstić information content (AvgIpc) is 2.47. The molecule has 2 rings (SSSR count). The van der Waals surface area contributed by atoms with E-state index in [1.807, 2.05) is 13.0 Å². The van der Waals surface area contributed by atoms with Crippen LogP contribution >= 0.6 is 0 Å². The third-order valence-corrected chi connectivity index (χ3v) is 4.86. The second kappa shape index (κ2) is 7.65. The van der Waals surface area contributed by atoms with E-state index in [0.29, 0.717) is 31.1 Å². The van der Waals surface area contributed by atoms with Gasteiger partial charge in [0.2, 0.25) is 10.0 Å². The number of nitrogens with one attached hydrogen (secondary N) is 2. The van der Waals surface area contributed by atoms with Gasteiger partial charge in [0.25, 0.3) is 0 Å². The van der Waals surface area contributed by atoms with E-state index in [1.54, 1.807) is 18.2 Å². The Balaban J connectivity index is 1.90. The Morgan fingerprint density at radius 2 is 2.22 bits per heavy atom. The van der Waals surface area contributed by atoms with E-state index >= 15 is 0 Å². The summed E-state index contributed by atoms with van der Waals surface area (Å²) in [4.78, 5) is 12.1. The summed E-state index contributed by atoms with van der Waals surface area (Å²) in [6, 6.07) is 6.59. The van der Waals surface area contributed by atoms with Crippen LogP contribution in [0.2, 0.25) is 0 Å². The number of piperidine rings is 1. The average molecular weight is 341 g/mol. The zero-order valence-electron chi connectivity index (χ0n) is 13.4. The molecule has 2 amide bonds. The number of hydrogen-bond acceptors (Lipinski definition) is 4. The van der Waals surface area contributed by atoms with Gasteiger partial charge in [-0.15, -0.1) is 0 Å². The Morgan fingerprint density at radius 1 is 1.43 bits per heavy atom. The van der Waals surface area contributed by atoms with Crippen molar-refractivity contribution in [3.63, 3.8) is 0 Å². The SMILES string of the molecule is CCOc1cccc(NC(=O)N[C@@H]2CCCN(S(C)(=O)=O)C2)c1. The van der Waals surface area contributed by atoms with Gasteiger partial charge in [0.15, 0.2) is 0 Å². The van der Waals surface area contributed by atoms with E-state index < -0.39 is 10.0 Å². The number of carbonyl (C=O) groups excluding carboxylic acids is 1. The lowest BCUT2D eigenvalue weighted by atomic mass is 10.1. The predicted octanol–water partition coefficient (Wildman–Crippen LogP) is 1.63. The quantitative estimate of drug-likeness (QED) is 0.852. The van der Waals surface area contributed by atoms with Crippen LogP contribution < -0.4 is 15.4 Å². The molecule has 128 valence electrons.